The van der Waals surface area contributed by atoms with Gasteiger partial charge in [0.2, 0.25) is 0 Å². The second-order valence-corrected chi connectivity index (χ2v) is 7.18. The molecular weight excluding hydrogens is 333 g/mol. The van der Waals surface area contributed by atoms with Gasteiger partial charge in [0.15, 0.2) is 0 Å². The van der Waals surface area contributed by atoms with Crippen molar-refractivity contribution < 1.29 is 18.7 Å². The van der Waals surface area contributed by atoms with Gasteiger partial charge in [0.25, 0.3) is 5.91 Å². The van der Waals surface area contributed by atoms with E-state index < -0.39 is 23.7 Å². The minimum atomic E-state index is -0.896. The average molecular weight is 357 g/mol. The molecule has 1 atom stereocenters. The van der Waals surface area contributed by atoms with Crippen LogP contribution in [0.5, 0.6) is 0 Å². The van der Waals surface area contributed by atoms with Gasteiger partial charge in [-0.3, -0.25) is 4.79 Å². The molecule has 1 amide bonds. The zero-order valence-electron chi connectivity index (χ0n) is 15.5. The van der Waals surface area contributed by atoms with Gasteiger partial charge in [0.05, 0.1) is 12.7 Å². The first-order valence-corrected chi connectivity index (χ1v) is 8.45. The summed E-state index contributed by atoms with van der Waals surface area (Å²) in [6.45, 7) is 6.36. The van der Waals surface area contributed by atoms with Crippen LogP contribution in [-0.4, -0.2) is 25.0 Å². The minimum absolute atomic E-state index is 0.0271. The van der Waals surface area contributed by atoms with E-state index in [1.165, 1.54) is 30.9 Å². The number of carbonyl (C=O) groups excluding carboxylic acids is 2. The highest BCUT2D eigenvalue weighted by atomic mass is 19.1. The maximum atomic E-state index is 13.8. The highest BCUT2D eigenvalue weighted by molar-refractivity contribution is 5.97. The Morgan fingerprint density at radius 3 is 2.23 bits per heavy atom. The fourth-order valence-electron chi connectivity index (χ4n) is 2.59. The summed E-state index contributed by atoms with van der Waals surface area (Å²) >= 11 is 0. The van der Waals surface area contributed by atoms with Gasteiger partial charge in [-0.15, -0.1) is 0 Å². The summed E-state index contributed by atoms with van der Waals surface area (Å²) < 4.78 is 18.6. The van der Waals surface area contributed by atoms with E-state index in [-0.39, 0.29) is 17.4 Å². The lowest BCUT2D eigenvalue weighted by atomic mass is 9.86. The molecular formula is C21H24FNO3. The molecule has 5 heteroatoms. The molecule has 0 aliphatic rings. The van der Waals surface area contributed by atoms with Crippen LogP contribution < -0.4 is 5.32 Å². The number of methoxy groups -OCH3 is 1. The SMILES string of the molecule is COC(=O)[C@@H](Cc1ccc(C(C)(C)C)cc1)NC(=O)c1ccccc1F. The number of hydrogen-bond donors (Lipinski definition) is 1. The van der Waals surface area contributed by atoms with E-state index >= 15 is 0 Å². The van der Waals surface area contributed by atoms with Gasteiger partial charge in [-0.1, -0.05) is 57.2 Å². The van der Waals surface area contributed by atoms with Crippen LogP contribution in [0.3, 0.4) is 0 Å². The number of ether oxygens (including phenoxy) is 1. The molecule has 0 spiro atoms. The summed E-state index contributed by atoms with van der Waals surface area (Å²) in [4.78, 5) is 24.4. The predicted molar refractivity (Wildman–Crippen MR) is 98.5 cm³/mol. The summed E-state index contributed by atoms with van der Waals surface area (Å²) in [5.74, 6) is -1.86. The van der Waals surface area contributed by atoms with Gasteiger partial charge in [0, 0.05) is 6.42 Å². The topological polar surface area (TPSA) is 55.4 Å². The van der Waals surface area contributed by atoms with Gasteiger partial charge in [-0.05, 0) is 28.7 Å². The first kappa shape index (κ1) is 19.6. The molecule has 1 N–H and O–H groups in total. The van der Waals surface area contributed by atoms with Crippen molar-refractivity contribution in [1.82, 2.24) is 5.32 Å². The van der Waals surface area contributed by atoms with Crippen LogP contribution in [0.25, 0.3) is 0 Å². The number of halogens is 1. The zero-order chi connectivity index (χ0) is 19.3. The first-order valence-electron chi connectivity index (χ1n) is 8.45. The number of amides is 1. The number of carbonyl (C=O) groups is 2. The third-order valence-corrected chi connectivity index (χ3v) is 4.17. The molecule has 0 saturated heterocycles. The molecule has 0 aliphatic heterocycles. The molecule has 0 aromatic heterocycles. The Morgan fingerprint density at radius 1 is 1.08 bits per heavy atom. The zero-order valence-corrected chi connectivity index (χ0v) is 15.5. The normalized spacial score (nSPS) is 12.3. The molecule has 0 unspecified atom stereocenters. The van der Waals surface area contributed by atoms with Gasteiger partial charge < -0.3 is 10.1 Å². The van der Waals surface area contributed by atoms with E-state index in [9.17, 15) is 14.0 Å². The second kappa shape index (κ2) is 8.13. The van der Waals surface area contributed by atoms with Crippen LogP contribution in [0.2, 0.25) is 0 Å². The Labute approximate surface area is 153 Å². The number of hydrogen-bond acceptors (Lipinski definition) is 3. The largest absolute Gasteiger partial charge is 0.467 e. The number of esters is 1. The number of rotatable bonds is 5. The second-order valence-electron chi connectivity index (χ2n) is 7.18. The number of benzene rings is 2. The Bertz CT molecular complexity index is 779. The van der Waals surface area contributed by atoms with Gasteiger partial charge in [0.1, 0.15) is 11.9 Å². The van der Waals surface area contributed by atoms with E-state index in [1.54, 1.807) is 6.07 Å². The fourth-order valence-corrected chi connectivity index (χ4v) is 2.59. The average Bonchev–Trinajstić information content (AvgIpc) is 2.60. The Balaban J connectivity index is 2.16. The summed E-state index contributed by atoms with van der Waals surface area (Å²) in [6.07, 6.45) is 0.261. The third kappa shape index (κ3) is 4.91. The van der Waals surface area contributed by atoms with E-state index in [0.29, 0.717) is 0 Å². The third-order valence-electron chi connectivity index (χ3n) is 4.17. The van der Waals surface area contributed by atoms with Crippen molar-refractivity contribution in [2.24, 2.45) is 0 Å². The Kier molecular flexibility index (Phi) is 6.14. The van der Waals surface area contributed by atoms with Crippen LogP contribution >= 0.6 is 0 Å². The quantitative estimate of drug-likeness (QED) is 0.831. The van der Waals surface area contributed by atoms with Gasteiger partial charge in [-0.25, -0.2) is 9.18 Å². The first-order chi connectivity index (χ1) is 12.2. The van der Waals surface area contributed by atoms with Crippen LogP contribution in [0, 0.1) is 5.82 Å². The highest BCUT2D eigenvalue weighted by Crippen LogP contribution is 2.22. The van der Waals surface area contributed by atoms with Crippen LogP contribution in [0.4, 0.5) is 4.39 Å². The molecule has 0 bridgehead atoms. The van der Waals surface area contributed by atoms with Crippen molar-refractivity contribution in [1.29, 1.82) is 0 Å². The monoisotopic (exact) mass is 357 g/mol. The van der Waals surface area contributed by atoms with E-state index in [0.717, 1.165) is 5.56 Å². The summed E-state index contributed by atoms with van der Waals surface area (Å²) in [7, 11) is 1.26. The lowest BCUT2D eigenvalue weighted by molar-refractivity contribution is -0.142. The van der Waals surface area contributed by atoms with Gasteiger partial charge >= 0.3 is 5.97 Å². The highest BCUT2D eigenvalue weighted by Gasteiger charge is 2.24. The maximum Gasteiger partial charge on any atom is 0.328 e. The lowest BCUT2D eigenvalue weighted by Gasteiger charge is -2.20. The molecule has 2 rings (SSSR count). The lowest BCUT2D eigenvalue weighted by Crippen LogP contribution is -2.43. The number of nitrogens with one attached hydrogen (secondary N) is 1. The molecule has 0 radical (unpaired) electrons. The smallest absolute Gasteiger partial charge is 0.328 e. The van der Waals surface area contributed by atoms with Crippen LogP contribution in [0.1, 0.15) is 42.3 Å². The summed E-state index contributed by atoms with van der Waals surface area (Å²) in [5, 5.41) is 2.56. The van der Waals surface area contributed by atoms with E-state index in [2.05, 4.69) is 26.1 Å². The predicted octanol–water partition coefficient (Wildman–Crippen LogP) is 3.64. The Morgan fingerprint density at radius 2 is 1.69 bits per heavy atom. The summed E-state index contributed by atoms with van der Waals surface area (Å²) in [6, 6.07) is 12.6. The minimum Gasteiger partial charge on any atom is -0.467 e. The molecule has 0 saturated carbocycles. The molecule has 0 fully saturated rings. The molecule has 4 nitrogen and oxygen atoms in total. The summed E-state index contributed by atoms with van der Waals surface area (Å²) in [5.41, 5.74) is 1.97. The van der Waals surface area contributed by atoms with Crippen molar-refractivity contribution in [2.45, 2.75) is 38.6 Å². The van der Waals surface area contributed by atoms with Crippen LogP contribution in [-0.2, 0) is 21.4 Å². The molecule has 0 heterocycles. The van der Waals surface area contributed by atoms with Crippen molar-refractivity contribution in [3.05, 3.63) is 71.0 Å². The maximum absolute atomic E-state index is 13.8. The van der Waals surface area contributed by atoms with Crippen molar-refractivity contribution in [3.8, 4) is 0 Å². The van der Waals surface area contributed by atoms with Crippen molar-refractivity contribution in [3.63, 3.8) is 0 Å². The molecule has 2 aromatic carbocycles. The fraction of sp³-hybridized carbons (Fsp3) is 0.333. The van der Waals surface area contributed by atoms with Crippen LogP contribution in [0.15, 0.2) is 48.5 Å². The Hall–Kier alpha value is -2.69. The van der Waals surface area contributed by atoms with Gasteiger partial charge in [-0.2, -0.15) is 0 Å². The molecule has 138 valence electrons. The molecule has 0 aliphatic carbocycles. The van der Waals surface area contributed by atoms with E-state index in [1.807, 2.05) is 24.3 Å². The molecule has 26 heavy (non-hydrogen) atoms. The van der Waals surface area contributed by atoms with Crippen molar-refractivity contribution in [2.75, 3.05) is 7.11 Å². The standard InChI is InChI=1S/C21H24FNO3/c1-21(2,3)15-11-9-14(10-12-15)13-18(20(25)26-4)23-19(24)16-7-5-6-8-17(16)22/h5-12,18H,13H2,1-4H3,(H,23,24)/t18-/m1/s1. The van der Waals surface area contributed by atoms with Crippen molar-refractivity contribution >= 4 is 11.9 Å². The van der Waals surface area contributed by atoms with E-state index in [4.69, 9.17) is 4.74 Å². The molecule has 2 aromatic rings.